The number of benzene rings is 2. The first-order chi connectivity index (χ1) is 11.4. The maximum absolute atomic E-state index is 13.0. The van der Waals surface area contributed by atoms with Gasteiger partial charge in [0.15, 0.2) is 0 Å². The third kappa shape index (κ3) is 3.26. The van der Waals surface area contributed by atoms with E-state index in [9.17, 15) is 22.4 Å². The summed E-state index contributed by atoms with van der Waals surface area (Å²) < 4.78 is 57.2. The average molecular weight is 339 g/mol. The SMILES string of the molecule is O=C(NC1COC1c1ccc(F)cc1)c1ccccc1C(F)(F)F. The Labute approximate surface area is 135 Å². The molecule has 0 aliphatic carbocycles. The summed E-state index contributed by atoms with van der Waals surface area (Å²) >= 11 is 0. The standard InChI is InChI=1S/C17H13F4NO2/c18-11-7-5-10(6-8-11)15-14(9-24-15)22-16(23)12-3-1-2-4-13(12)17(19,20)21/h1-8,14-15H,9H2,(H,22,23). The zero-order valence-electron chi connectivity index (χ0n) is 12.3. The van der Waals surface area contributed by atoms with Crippen molar-refractivity contribution in [2.75, 3.05) is 6.61 Å². The normalized spacial score (nSPS) is 20.3. The lowest BCUT2D eigenvalue weighted by Crippen LogP contribution is -2.51. The molecule has 2 unspecified atom stereocenters. The minimum atomic E-state index is -4.61. The molecular weight excluding hydrogens is 326 g/mol. The van der Waals surface area contributed by atoms with Crippen molar-refractivity contribution in [3.05, 3.63) is 71.0 Å². The number of amides is 1. The summed E-state index contributed by atoms with van der Waals surface area (Å²) in [6, 6.07) is 9.68. The highest BCUT2D eigenvalue weighted by Crippen LogP contribution is 2.33. The molecule has 0 radical (unpaired) electrons. The van der Waals surface area contributed by atoms with Crippen molar-refractivity contribution >= 4 is 5.91 Å². The van der Waals surface area contributed by atoms with Gasteiger partial charge in [-0.1, -0.05) is 24.3 Å². The average Bonchev–Trinajstić information content (AvgIpc) is 2.52. The van der Waals surface area contributed by atoms with Gasteiger partial charge in [-0.3, -0.25) is 4.79 Å². The van der Waals surface area contributed by atoms with Crippen LogP contribution in [0, 0.1) is 5.82 Å². The van der Waals surface area contributed by atoms with Crippen LogP contribution < -0.4 is 5.32 Å². The summed E-state index contributed by atoms with van der Waals surface area (Å²) in [7, 11) is 0. The van der Waals surface area contributed by atoms with Crippen LogP contribution in [0.3, 0.4) is 0 Å². The van der Waals surface area contributed by atoms with Crippen LogP contribution in [-0.2, 0) is 10.9 Å². The fourth-order valence-corrected chi connectivity index (χ4v) is 2.56. The first-order valence-electron chi connectivity index (χ1n) is 7.20. The van der Waals surface area contributed by atoms with E-state index in [2.05, 4.69) is 5.32 Å². The van der Waals surface area contributed by atoms with Gasteiger partial charge >= 0.3 is 6.18 Å². The largest absolute Gasteiger partial charge is 0.417 e. The summed E-state index contributed by atoms with van der Waals surface area (Å²) in [6.07, 6.45) is -5.12. The minimum Gasteiger partial charge on any atom is -0.369 e. The summed E-state index contributed by atoms with van der Waals surface area (Å²) in [4.78, 5) is 12.2. The number of carbonyl (C=O) groups excluding carboxylic acids is 1. The van der Waals surface area contributed by atoms with Crippen molar-refractivity contribution in [1.29, 1.82) is 0 Å². The Balaban J connectivity index is 1.75. The summed E-state index contributed by atoms with van der Waals surface area (Å²) in [5.74, 6) is -1.22. The Kier molecular flexibility index (Phi) is 4.28. The van der Waals surface area contributed by atoms with Crippen molar-refractivity contribution in [3.8, 4) is 0 Å². The Morgan fingerprint density at radius 3 is 2.33 bits per heavy atom. The molecule has 126 valence electrons. The van der Waals surface area contributed by atoms with Crippen molar-refractivity contribution < 1.29 is 27.1 Å². The van der Waals surface area contributed by atoms with Gasteiger partial charge in [0.05, 0.1) is 23.8 Å². The topological polar surface area (TPSA) is 38.3 Å². The molecule has 2 aromatic rings. The number of rotatable bonds is 3. The molecule has 0 spiro atoms. The van der Waals surface area contributed by atoms with Gasteiger partial charge in [0.25, 0.3) is 5.91 Å². The molecule has 1 saturated heterocycles. The molecule has 1 aliphatic rings. The van der Waals surface area contributed by atoms with E-state index in [1.54, 1.807) is 0 Å². The van der Waals surface area contributed by atoms with Gasteiger partial charge in [-0.2, -0.15) is 13.2 Å². The second kappa shape index (κ2) is 6.24. The Morgan fingerprint density at radius 1 is 1.08 bits per heavy atom. The Hall–Kier alpha value is -2.41. The summed E-state index contributed by atoms with van der Waals surface area (Å²) in [5.41, 5.74) is -0.770. The zero-order chi connectivity index (χ0) is 17.3. The Bertz CT molecular complexity index is 743. The molecule has 2 atom stereocenters. The quantitative estimate of drug-likeness (QED) is 0.866. The summed E-state index contributed by atoms with van der Waals surface area (Å²) in [5, 5.41) is 2.55. The van der Waals surface area contributed by atoms with E-state index in [1.165, 1.54) is 36.4 Å². The predicted octanol–water partition coefficient (Wildman–Crippen LogP) is 3.71. The molecule has 2 aromatic carbocycles. The van der Waals surface area contributed by atoms with Crippen molar-refractivity contribution in [3.63, 3.8) is 0 Å². The molecule has 7 heteroatoms. The van der Waals surface area contributed by atoms with Gasteiger partial charge in [0.1, 0.15) is 11.9 Å². The number of hydrogen-bond donors (Lipinski definition) is 1. The Morgan fingerprint density at radius 2 is 1.75 bits per heavy atom. The van der Waals surface area contributed by atoms with E-state index in [4.69, 9.17) is 4.74 Å². The van der Waals surface area contributed by atoms with Crippen molar-refractivity contribution in [1.82, 2.24) is 5.32 Å². The van der Waals surface area contributed by atoms with Gasteiger partial charge < -0.3 is 10.1 Å². The highest BCUT2D eigenvalue weighted by Gasteiger charge is 2.38. The maximum Gasteiger partial charge on any atom is 0.417 e. The van der Waals surface area contributed by atoms with Crippen LogP contribution >= 0.6 is 0 Å². The second-order valence-corrected chi connectivity index (χ2v) is 5.43. The molecule has 1 amide bonds. The molecule has 0 aromatic heterocycles. The van der Waals surface area contributed by atoms with Crippen LogP contribution in [0.2, 0.25) is 0 Å². The molecule has 1 fully saturated rings. The van der Waals surface area contributed by atoms with Crippen LogP contribution in [0.25, 0.3) is 0 Å². The monoisotopic (exact) mass is 339 g/mol. The molecule has 0 saturated carbocycles. The van der Waals surface area contributed by atoms with E-state index in [-0.39, 0.29) is 6.61 Å². The van der Waals surface area contributed by atoms with Crippen molar-refractivity contribution in [2.45, 2.75) is 18.3 Å². The predicted molar refractivity (Wildman–Crippen MR) is 77.8 cm³/mol. The minimum absolute atomic E-state index is 0.183. The third-order valence-electron chi connectivity index (χ3n) is 3.81. The van der Waals surface area contributed by atoms with Gasteiger partial charge in [0, 0.05) is 0 Å². The fraction of sp³-hybridized carbons (Fsp3) is 0.235. The molecule has 3 nitrogen and oxygen atoms in total. The van der Waals surface area contributed by atoms with Gasteiger partial charge in [-0.15, -0.1) is 0 Å². The molecule has 0 bridgehead atoms. The number of hydrogen-bond acceptors (Lipinski definition) is 2. The van der Waals surface area contributed by atoms with E-state index < -0.39 is 41.2 Å². The molecule has 24 heavy (non-hydrogen) atoms. The van der Waals surface area contributed by atoms with Crippen LogP contribution in [0.5, 0.6) is 0 Å². The van der Waals surface area contributed by atoms with E-state index in [1.807, 2.05) is 0 Å². The highest BCUT2D eigenvalue weighted by molar-refractivity contribution is 5.96. The smallest absolute Gasteiger partial charge is 0.369 e. The van der Waals surface area contributed by atoms with Crippen LogP contribution in [0.1, 0.15) is 27.6 Å². The number of nitrogens with one attached hydrogen (secondary N) is 1. The summed E-state index contributed by atoms with van der Waals surface area (Å²) in [6.45, 7) is 0.183. The zero-order valence-corrected chi connectivity index (χ0v) is 12.3. The highest BCUT2D eigenvalue weighted by atomic mass is 19.4. The lowest BCUT2D eigenvalue weighted by molar-refractivity contribution is -0.138. The molecule has 1 heterocycles. The van der Waals surface area contributed by atoms with Gasteiger partial charge in [0.2, 0.25) is 0 Å². The first kappa shape index (κ1) is 16.4. The van der Waals surface area contributed by atoms with Crippen LogP contribution in [0.4, 0.5) is 17.6 Å². The number of carbonyl (C=O) groups is 1. The van der Waals surface area contributed by atoms with E-state index in [0.29, 0.717) is 5.56 Å². The van der Waals surface area contributed by atoms with Gasteiger partial charge in [-0.05, 0) is 29.8 Å². The second-order valence-electron chi connectivity index (χ2n) is 5.43. The van der Waals surface area contributed by atoms with Crippen LogP contribution in [0.15, 0.2) is 48.5 Å². The fourth-order valence-electron chi connectivity index (χ4n) is 2.56. The number of ether oxygens (including phenoxy) is 1. The number of halogens is 4. The first-order valence-corrected chi connectivity index (χ1v) is 7.20. The molecule has 1 N–H and O–H groups in total. The lowest BCUT2D eigenvalue weighted by Gasteiger charge is -2.37. The molecule has 3 rings (SSSR count). The molecule has 1 aliphatic heterocycles. The van der Waals surface area contributed by atoms with Gasteiger partial charge in [-0.25, -0.2) is 4.39 Å². The van der Waals surface area contributed by atoms with E-state index in [0.717, 1.165) is 12.1 Å². The van der Waals surface area contributed by atoms with E-state index >= 15 is 0 Å². The molecular formula is C17H13F4NO2. The maximum atomic E-state index is 13.0. The third-order valence-corrected chi connectivity index (χ3v) is 3.81. The lowest BCUT2D eigenvalue weighted by atomic mass is 9.97. The van der Waals surface area contributed by atoms with Crippen LogP contribution in [-0.4, -0.2) is 18.6 Å². The van der Waals surface area contributed by atoms with Crippen molar-refractivity contribution in [2.24, 2.45) is 0 Å². The number of alkyl halides is 3.